The molecule has 0 bridgehead atoms. The van der Waals surface area contributed by atoms with Crippen molar-refractivity contribution in [1.82, 2.24) is 19.7 Å². The molecule has 2 fully saturated rings. The van der Waals surface area contributed by atoms with E-state index in [1.807, 2.05) is 19.9 Å². The summed E-state index contributed by atoms with van der Waals surface area (Å²) in [6.45, 7) is 3.58. The van der Waals surface area contributed by atoms with Crippen LogP contribution in [0.15, 0.2) is 29.6 Å². The average molecular weight is 475 g/mol. The largest absolute Gasteiger partial charge is 0.384 e. The first-order valence-corrected chi connectivity index (χ1v) is 13.0. The Bertz CT molecular complexity index is 1140. The molecule has 2 N–H and O–H groups in total. The highest BCUT2D eigenvalue weighted by Gasteiger charge is 2.39. The molecule has 4 rings (SSSR count). The highest BCUT2D eigenvalue weighted by molar-refractivity contribution is 7.91. The first kappa shape index (κ1) is 23.2. The first-order valence-electron chi connectivity index (χ1n) is 11.2. The Labute approximate surface area is 193 Å². The number of hydrogen-bond donors (Lipinski definition) is 1. The van der Waals surface area contributed by atoms with E-state index in [-0.39, 0.29) is 41.9 Å². The Morgan fingerprint density at radius 3 is 2.58 bits per heavy atom. The minimum Gasteiger partial charge on any atom is -0.384 e. The predicted octanol–water partition coefficient (Wildman–Crippen LogP) is 1.48. The molecular formula is C22H30N6O4S. The molecule has 3 heterocycles. The number of rotatable bonds is 7. The van der Waals surface area contributed by atoms with Crippen LogP contribution in [0.4, 0.5) is 0 Å². The summed E-state index contributed by atoms with van der Waals surface area (Å²) in [6, 6.07) is 5.28. The minimum absolute atomic E-state index is 0.0217. The van der Waals surface area contributed by atoms with Crippen LogP contribution in [0.1, 0.15) is 49.1 Å². The van der Waals surface area contributed by atoms with Crippen LogP contribution < -0.4 is 5.73 Å². The molecule has 0 radical (unpaired) electrons. The number of nitrogens with two attached hydrogens (primary N) is 1. The molecule has 1 unspecified atom stereocenters. The predicted molar refractivity (Wildman–Crippen MR) is 124 cm³/mol. The molecule has 11 heteroatoms. The molecule has 33 heavy (non-hydrogen) atoms. The number of nitrogens with zero attached hydrogens (tertiary/aromatic N) is 5. The van der Waals surface area contributed by atoms with E-state index in [0.717, 1.165) is 37.1 Å². The van der Waals surface area contributed by atoms with Crippen molar-refractivity contribution in [2.24, 2.45) is 10.9 Å². The lowest BCUT2D eigenvalue weighted by atomic mass is 10.1. The van der Waals surface area contributed by atoms with Gasteiger partial charge in [0.25, 0.3) is 5.91 Å². The van der Waals surface area contributed by atoms with Crippen molar-refractivity contribution >= 4 is 21.6 Å². The van der Waals surface area contributed by atoms with Crippen LogP contribution in [0.25, 0.3) is 5.82 Å². The van der Waals surface area contributed by atoms with Gasteiger partial charge in [0.05, 0.1) is 17.2 Å². The van der Waals surface area contributed by atoms with Gasteiger partial charge >= 0.3 is 0 Å². The van der Waals surface area contributed by atoms with E-state index in [1.165, 1.54) is 0 Å². The van der Waals surface area contributed by atoms with Gasteiger partial charge in [-0.1, -0.05) is 18.0 Å². The molecule has 2 aliphatic rings. The number of aryl methyl sites for hydroxylation is 2. The molecule has 178 valence electrons. The second-order valence-electron chi connectivity index (χ2n) is 8.79. The third kappa shape index (κ3) is 5.35. The van der Waals surface area contributed by atoms with E-state index in [0.29, 0.717) is 17.8 Å². The summed E-state index contributed by atoms with van der Waals surface area (Å²) in [7, 11) is -3.09. The maximum atomic E-state index is 13.0. The molecule has 0 aromatic carbocycles. The normalized spacial score (nSPS) is 20.8. The number of sulfone groups is 1. The molecule has 1 saturated carbocycles. The summed E-state index contributed by atoms with van der Waals surface area (Å²) in [4.78, 5) is 24.3. The second-order valence-corrected chi connectivity index (χ2v) is 11.0. The number of carbonyl (C=O) groups is 1. The molecule has 1 aliphatic carbocycles. The molecule has 1 amide bonds. The van der Waals surface area contributed by atoms with Gasteiger partial charge in [0, 0.05) is 29.5 Å². The van der Waals surface area contributed by atoms with E-state index in [2.05, 4.69) is 15.2 Å². The maximum Gasteiger partial charge on any atom is 0.263 e. The number of pyridine rings is 1. The van der Waals surface area contributed by atoms with E-state index in [1.54, 1.807) is 27.9 Å². The fraction of sp³-hybridized carbons (Fsp3) is 0.545. The quantitative estimate of drug-likeness (QED) is 0.365. The summed E-state index contributed by atoms with van der Waals surface area (Å²) < 4.78 is 25.7. The van der Waals surface area contributed by atoms with Gasteiger partial charge in [-0.05, 0) is 51.3 Å². The Balaban J connectivity index is 1.39. The Morgan fingerprint density at radius 2 is 2.00 bits per heavy atom. The molecule has 0 spiro atoms. The van der Waals surface area contributed by atoms with Crippen LogP contribution in [-0.4, -0.2) is 70.0 Å². The molecule has 1 aliphatic heterocycles. The number of amides is 1. The third-order valence-corrected chi connectivity index (χ3v) is 7.98. The van der Waals surface area contributed by atoms with Crippen LogP contribution in [0.5, 0.6) is 0 Å². The number of hydrogen-bond acceptors (Lipinski definition) is 7. The van der Waals surface area contributed by atoms with Gasteiger partial charge in [-0.15, -0.1) is 0 Å². The number of amidine groups is 1. The summed E-state index contributed by atoms with van der Waals surface area (Å²) in [6.07, 6.45) is 5.91. The lowest BCUT2D eigenvalue weighted by Crippen LogP contribution is -2.48. The average Bonchev–Trinajstić information content (AvgIpc) is 3.49. The van der Waals surface area contributed by atoms with Gasteiger partial charge in [-0.25, -0.2) is 18.1 Å². The van der Waals surface area contributed by atoms with E-state index < -0.39 is 9.84 Å². The van der Waals surface area contributed by atoms with Crippen LogP contribution in [0.2, 0.25) is 0 Å². The molecule has 1 atom stereocenters. The van der Waals surface area contributed by atoms with Gasteiger partial charge in [0.1, 0.15) is 0 Å². The maximum absolute atomic E-state index is 13.0. The smallest absolute Gasteiger partial charge is 0.263 e. The molecular weight excluding hydrogens is 444 g/mol. The van der Waals surface area contributed by atoms with Crippen LogP contribution in [0, 0.1) is 13.8 Å². The molecule has 1 saturated heterocycles. The van der Waals surface area contributed by atoms with Crippen molar-refractivity contribution in [2.75, 3.05) is 18.1 Å². The van der Waals surface area contributed by atoms with Crippen molar-refractivity contribution in [3.8, 4) is 5.82 Å². The van der Waals surface area contributed by atoms with Crippen molar-refractivity contribution in [3.63, 3.8) is 0 Å². The van der Waals surface area contributed by atoms with Gasteiger partial charge in [0.15, 0.2) is 28.1 Å². The topological polar surface area (TPSA) is 133 Å². The summed E-state index contributed by atoms with van der Waals surface area (Å²) >= 11 is 0. The third-order valence-electron chi connectivity index (χ3n) is 6.23. The van der Waals surface area contributed by atoms with Crippen LogP contribution in [0.3, 0.4) is 0 Å². The number of oxime groups is 1. The molecule has 2 aromatic rings. The highest BCUT2D eigenvalue weighted by atomic mass is 32.2. The zero-order chi connectivity index (χ0) is 23.6. The fourth-order valence-electron chi connectivity index (χ4n) is 4.69. The SMILES string of the molecule is Cc1cc(C)n(-c2ccc(/C(N)=N/OCC(=O)N(C3CCCC3)C3CCS(=O)(=O)C3)cn2)n1. The van der Waals surface area contributed by atoms with E-state index in [9.17, 15) is 13.2 Å². The highest BCUT2D eigenvalue weighted by Crippen LogP contribution is 2.29. The summed E-state index contributed by atoms with van der Waals surface area (Å²) in [5.41, 5.74) is 8.45. The molecule has 2 aromatic heterocycles. The van der Waals surface area contributed by atoms with Crippen molar-refractivity contribution in [1.29, 1.82) is 0 Å². The van der Waals surface area contributed by atoms with Crippen molar-refractivity contribution in [2.45, 2.75) is 58.0 Å². The van der Waals surface area contributed by atoms with Crippen molar-refractivity contribution in [3.05, 3.63) is 41.3 Å². The lowest BCUT2D eigenvalue weighted by molar-refractivity contribution is -0.140. The van der Waals surface area contributed by atoms with Gasteiger partial charge in [-0.2, -0.15) is 5.10 Å². The molecule has 10 nitrogen and oxygen atoms in total. The monoisotopic (exact) mass is 474 g/mol. The Kier molecular flexibility index (Phi) is 6.68. The fourth-order valence-corrected chi connectivity index (χ4v) is 6.40. The van der Waals surface area contributed by atoms with E-state index in [4.69, 9.17) is 10.6 Å². The van der Waals surface area contributed by atoms with Crippen molar-refractivity contribution < 1.29 is 18.0 Å². The minimum atomic E-state index is -3.09. The Morgan fingerprint density at radius 1 is 1.24 bits per heavy atom. The lowest BCUT2D eigenvalue weighted by Gasteiger charge is -2.33. The number of carbonyl (C=O) groups excluding carboxylic acids is 1. The first-order chi connectivity index (χ1) is 15.7. The second kappa shape index (κ2) is 9.50. The zero-order valence-electron chi connectivity index (χ0n) is 19.0. The zero-order valence-corrected chi connectivity index (χ0v) is 19.8. The summed E-state index contributed by atoms with van der Waals surface area (Å²) in [5.74, 6) is 0.658. The van der Waals surface area contributed by atoms with Crippen LogP contribution >= 0.6 is 0 Å². The standard InChI is InChI=1S/C22H30N6O4S/c1-15-11-16(2)28(25-15)20-8-7-17(12-24-20)22(23)26-32-13-21(29)27(18-5-3-4-6-18)19-9-10-33(30,31)14-19/h7-8,11-12,18-19H,3-6,9-10,13-14H2,1-2H3,(H2,23,26). The van der Waals surface area contributed by atoms with Gasteiger partial charge < -0.3 is 15.5 Å². The van der Waals surface area contributed by atoms with Gasteiger partial charge in [-0.3, -0.25) is 4.79 Å². The summed E-state index contributed by atoms with van der Waals surface area (Å²) in [5, 5.41) is 8.29. The van der Waals surface area contributed by atoms with Gasteiger partial charge in [0.2, 0.25) is 0 Å². The Hall–Kier alpha value is -2.95. The number of aromatic nitrogens is 3. The van der Waals surface area contributed by atoms with Crippen LogP contribution in [-0.2, 0) is 19.5 Å². The van der Waals surface area contributed by atoms with E-state index >= 15 is 0 Å².